The van der Waals surface area contributed by atoms with E-state index in [1.807, 2.05) is 55.5 Å². The molecule has 4 rings (SSSR count). The molecule has 1 aliphatic heterocycles. The molecular formula is C23H21NO3. The van der Waals surface area contributed by atoms with Crippen molar-refractivity contribution in [2.75, 3.05) is 13.2 Å². The maximum Gasteiger partial charge on any atom is 0.252 e. The van der Waals surface area contributed by atoms with Gasteiger partial charge >= 0.3 is 0 Å². The lowest BCUT2D eigenvalue weighted by atomic mass is 9.97. The molecule has 1 N–H and O–H groups in total. The Morgan fingerprint density at radius 3 is 2.37 bits per heavy atom. The third-order valence-electron chi connectivity index (χ3n) is 4.59. The van der Waals surface area contributed by atoms with Crippen LogP contribution in [-0.4, -0.2) is 19.1 Å². The Labute approximate surface area is 158 Å². The molecule has 4 nitrogen and oxygen atoms in total. The molecule has 0 unspecified atom stereocenters. The summed E-state index contributed by atoms with van der Waals surface area (Å²) in [5.74, 6) is 1.14. The summed E-state index contributed by atoms with van der Waals surface area (Å²) in [4.78, 5) is 13.0. The van der Waals surface area contributed by atoms with Crippen LogP contribution in [0, 0.1) is 6.92 Å². The lowest BCUT2D eigenvalue weighted by molar-refractivity contribution is 0.0941. The topological polar surface area (TPSA) is 47.6 Å². The van der Waals surface area contributed by atoms with Gasteiger partial charge in [0.2, 0.25) is 0 Å². The third kappa shape index (κ3) is 3.80. The highest BCUT2D eigenvalue weighted by Gasteiger charge is 2.20. The molecule has 27 heavy (non-hydrogen) atoms. The molecule has 3 aromatic rings. The molecule has 1 heterocycles. The number of fused-ring (bicyclic) bond motifs is 1. The Balaban J connectivity index is 1.64. The highest BCUT2D eigenvalue weighted by atomic mass is 16.6. The van der Waals surface area contributed by atoms with Crippen molar-refractivity contribution in [2.45, 2.75) is 13.0 Å². The first-order chi connectivity index (χ1) is 13.2. The summed E-state index contributed by atoms with van der Waals surface area (Å²) in [6.07, 6.45) is 0. The van der Waals surface area contributed by atoms with Crippen molar-refractivity contribution >= 4 is 5.91 Å². The lowest BCUT2D eigenvalue weighted by Crippen LogP contribution is -2.29. The zero-order valence-corrected chi connectivity index (χ0v) is 15.1. The molecule has 0 radical (unpaired) electrons. The average molecular weight is 359 g/mol. The van der Waals surface area contributed by atoms with Gasteiger partial charge in [-0.3, -0.25) is 4.79 Å². The molecule has 0 saturated heterocycles. The van der Waals surface area contributed by atoms with Gasteiger partial charge in [-0.15, -0.1) is 0 Å². The van der Waals surface area contributed by atoms with E-state index >= 15 is 0 Å². The minimum absolute atomic E-state index is 0.151. The summed E-state index contributed by atoms with van der Waals surface area (Å²) < 4.78 is 11.1. The number of rotatable bonds is 4. The second kappa shape index (κ2) is 7.54. The van der Waals surface area contributed by atoms with E-state index in [4.69, 9.17) is 9.47 Å². The maximum atomic E-state index is 13.0. The highest BCUT2D eigenvalue weighted by molar-refractivity contribution is 5.95. The lowest BCUT2D eigenvalue weighted by Gasteiger charge is -2.22. The van der Waals surface area contributed by atoms with Crippen molar-refractivity contribution in [3.8, 4) is 11.5 Å². The fourth-order valence-electron chi connectivity index (χ4n) is 3.25. The molecule has 4 heteroatoms. The first-order valence-corrected chi connectivity index (χ1v) is 9.03. The molecule has 1 atom stereocenters. The van der Waals surface area contributed by atoms with E-state index in [9.17, 15) is 4.79 Å². The number of hydrogen-bond acceptors (Lipinski definition) is 3. The second-order valence-corrected chi connectivity index (χ2v) is 6.59. The molecular weight excluding hydrogens is 338 g/mol. The van der Waals surface area contributed by atoms with E-state index in [2.05, 4.69) is 11.4 Å². The van der Waals surface area contributed by atoms with Gasteiger partial charge in [0.25, 0.3) is 5.91 Å². The van der Waals surface area contributed by atoms with E-state index in [1.54, 1.807) is 18.2 Å². The molecule has 3 aromatic carbocycles. The standard InChI is InChI=1S/C23H21NO3/c1-16-6-5-9-18(14-16)22(17-7-3-2-4-8-17)24-23(25)19-10-11-20-21(15-19)27-13-12-26-20/h2-11,14-15,22H,12-13H2,1H3,(H,24,25)/t22-/m0/s1. The van der Waals surface area contributed by atoms with Gasteiger partial charge in [0.1, 0.15) is 13.2 Å². The fourth-order valence-corrected chi connectivity index (χ4v) is 3.25. The number of nitrogens with one attached hydrogen (secondary N) is 1. The van der Waals surface area contributed by atoms with Crippen molar-refractivity contribution in [1.29, 1.82) is 0 Å². The Kier molecular flexibility index (Phi) is 4.79. The quantitative estimate of drug-likeness (QED) is 0.756. The SMILES string of the molecule is Cc1cccc([C@@H](NC(=O)c2ccc3c(c2)OCCO3)c2ccccc2)c1. The molecule has 1 aliphatic rings. The van der Waals surface area contributed by atoms with E-state index in [1.165, 1.54) is 0 Å². The van der Waals surface area contributed by atoms with Crippen LogP contribution in [0.15, 0.2) is 72.8 Å². The van der Waals surface area contributed by atoms with Crippen molar-refractivity contribution in [3.05, 3.63) is 95.1 Å². The Morgan fingerprint density at radius 2 is 1.59 bits per heavy atom. The monoisotopic (exact) mass is 359 g/mol. The Hall–Kier alpha value is -3.27. The van der Waals surface area contributed by atoms with Crippen molar-refractivity contribution in [3.63, 3.8) is 0 Å². The smallest absolute Gasteiger partial charge is 0.252 e. The van der Waals surface area contributed by atoms with E-state index < -0.39 is 0 Å². The summed E-state index contributed by atoms with van der Waals surface area (Å²) >= 11 is 0. The molecule has 0 saturated carbocycles. The van der Waals surface area contributed by atoms with Crippen molar-refractivity contribution < 1.29 is 14.3 Å². The summed E-state index contributed by atoms with van der Waals surface area (Å²) in [5, 5.41) is 3.16. The highest BCUT2D eigenvalue weighted by Crippen LogP contribution is 2.31. The van der Waals surface area contributed by atoms with Gasteiger partial charge in [0, 0.05) is 5.56 Å². The fraction of sp³-hybridized carbons (Fsp3) is 0.174. The second-order valence-electron chi connectivity index (χ2n) is 6.59. The van der Waals surface area contributed by atoms with E-state index in [0.717, 1.165) is 16.7 Å². The summed E-state index contributed by atoms with van der Waals surface area (Å²) in [6, 6.07) is 23.2. The zero-order valence-electron chi connectivity index (χ0n) is 15.1. The summed E-state index contributed by atoms with van der Waals surface area (Å²) in [7, 11) is 0. The van der Waals surface area contributed by atoms with Crippen LogP contribution in [0.1, 0.15) is 33.1 Å². The van der Waals surface area contributed by atoms with Gasteiger partial charge in [-0.25, -0.2) is 0 Å². The van der Waals surface area contributed by atoms with Crippen LogP contribution >= 0.6 is 0 Å². The van der Waals surface area contributed by atoms with Crippen LogP contribution < -0.4 is 14.8 Å². The Bertz CT molecular complexity index is 953. The summed E-state index contributed by atoms with van der Waals surface area (Å²) in [6.45, 7) is 3.07. The minimum Gasteiger partial charge on any atom is -0.486 e. The molecule has 0 aromatic heterocycles. The molecule has 0 aliphatic carbocycles. The molecule has 1 amide bonds. The van der Waals surface area contributed by atoms with Gasteiger partial charge in [-0.05, 0) is 36.2 Å². The van der Waals surface area contributed by atoms with Crippen LogP contribution in [0.5, 0.6) is 11.5 Å². The summed E-state index contributed by atoms with van der Waals surface area (Å²) in [5.41, 5.74) is 3.79. The number of hydrogen-bond donors (Lipinski definition) is 1. The first-order valence-electron chi connectivity index (χ1n) is 9.03. The largest absolute Gasteiger partial charge is 0.486 e. The average Bonchev–Trinajstić information content (AvgIpc) is 2.72. The van der Waals surface area contributed by atoms with Gasteiger partial charge in [-0.2, -0.15) is 0 Å². The Morgan fingerprint density at radius 1 is 0.852 bits per heavy atom. The molecule has 136 valence electrons. The van der Waals surface area contributed by atoms with Crippen LogP contribution in [-0.2, 0) is 0 Å². The van der Waals surface area contributed by atoms with E-state index in [-0.39, 0.29) is 11.9 Å². The molecule has 0 fully saturated rings. The van der Waals surface area contributed by atoms with Crippen LogP contribution in [0.4, 0.5) is 0 Å². The maximum absolute atomic E-state index is 13.0. The molecule has 0 bridgehead atoms. The number of benzene rings is 3. The van der Waals surface area contributed by atoms with Crippen molar-refractivity contribution in [1.82, 2.24) is 5.32 Å². The van der Waals surface area contributed by atoms with Gasteiger partial charge in [0.05, 0.1) is 6.04 Å². The first kappa shape index (κ1) is 17.2. The van der Waals surface area contributed by atoms with Crippen molar-refractivity contribution in [2.24, 2.45) is 0 Å². The number of aryl methyl sites for hydroxylation is 1. The number of carbonyl (C=O) groups excluding carboxylic acids is 1. The van der Waals surface area contributed by atoms with Gasteiger partial charge in [-0.1, -0.05) is 60.2 Å². The van der Waals surface area contributed by atoms with Gasteiger partial charge < -0.3 is 14.8 Å². The number of carbonyl (C=O) groups is 1. The van der Waals surface area contributed by atoms with E-state index in [0.29, 0.717) is 30.3 Å². The van der Waals surface area contributed by atoms with Crippen LogP contribution in [0.2, 0.25) is 0 Å². The number of ether oxygens (including phenoxy) is 2. The number of amides is 1. The third-order valence-corrected chi connectivity index (χ3v) is 4.59. The van der Waals surface area contributed by atoms with Gasteiger partial charge in [0.15, 0.2) is 11.5 Å². The van der Waals surface area contributed by atoms with Crippen LogP contribution in [0.3, 0.4) is 0 Å². The van der Waals surface area contributed by atoms with Crippen LogP contribution in [0.25, 0.3) is 0 Å². The predicted octanol–water partition coefficient (Wildman–Crippen LogP) is 4.29. The normalized spacial score (nSPS) is 13.7. The zero-order chi connectivity index (χ0) is 18.6. The molecule has 0 spiro atoms. The minimum atomic E-state index is -0.230. The predicted molar refractivity (Wildman–Crippen MR) is 104 cm³/mol.